The van der Waals surface area contributed by atoms with E-state index in [9.17, 15) is 0 Å². The molecule has 0 saturated heterocycles. The smallest absolute Gasteiger partial charge is 0.167 e. The summed E-state index contributed by atoms with van der Waals surface area (Å²) in [7, 11) is 0. The maximum absolute atomic E-state index is 6.79. The largest absolute Gasteiger partial charge is 0.455 e. The van der Waals surface area contributed by atoms with Gasteiger partial charge in [-0.05, 0) is 41.8 Å². The molecule has 0 radical (unpaired) electrons. The Morgan fingerprint density at radius 2 is 0.967 bits per heavy atom. The molecule has 5 heterocycles. The molecule has 61 heavy (non-hydrogen) atoms. The molecule has 0 unspecified atom stereocenters. The van der Waals surface area contributed by atoms with Crippen LogP contribution in [0.5, 0.6) is 0 Å². The van der Waals surface area contributed by atoms with Gasteiger partial charge in [0, 0.05) is 65.3 Å². The normalized spacial score (nSPS) is 12.3. The van der Waals surface area contributed by atoms with Gasteiger partial charge in [-0.15, -0.1) is 0 Å². The van der Waals surface area contributed by atoms with Crippen LogP contribution >= 0.6 is 0 Å². The van der Waals surface area contributed by atoms with Crippen molar-refractivity contribution >= 4 is 92.6 Å². The third-order valence-electron chi connectivity index (χ3n) is 12.7. The number of hydrogen-bond acceptors (Lipinski definition) is 4. The van der Waals surface area contributed by atoms with Gasteiger partial charge in [-0.3, -0.25) is 0 Å². The first-order valence-corrected chi connectivity index (χ1v) is 20.6. The lowest BCUT2D eigenvalue weighted by Gasteiger charge is -2.13. The van der Waals surface area contributed by atoms with Crippen molar-refractivity contribution in [1.82, 2.24) is 23.9 Å². The van der Waals surface area contributed by atoms with Crippen LogP contribution in [0.4, 0.5) is 0 Å². The summed E-state index contributed by atoms with van der Waals surface area (Å²) in [5, 5.41) is 11.8. The molecule has 0 aliphatic rings. The molecule has 0 fully saturated rings. The monoisotopic (exact) mass is 777 g/mol. The van der Waals surface area contributed by atoms with Crippen LogP contribution in [0.2, 0.25) is 0 Å². The summed E-state index contributed by atoms with van der Waals surface area (Å²) in [5.41, 5.74) is 11.1. The zero-order valence-corrected chi connectivity index (χ0v) is 32.5. The van der Waals surface area contributed by atoms with E-state index in [-0.39, 0.29) is 0 Å². The molecule has 0 spiro atoms. The lowest BCUT2D eigenvalue weighted by Crippen LogP contribution is -2.01. The summed E-state index contributed by atoms with van der Waals surface area (Å²) >= 11 is 0. The third kappa shape index (κ3) is 4.53. The van der Waals surface area contributed by atoms with E-state index in [0.29, 0.717) is 17.5 Å². The fourth-order valence-electron chi connectivity index (χ4n) is 10.0. The fourth-order valence-corrected chi connectivity index (χ4v) is 10.0. The Balaban J connectivity index is 1.15. The standard InChI is InChI=1S/C55H31N5O/c1-3-15-33(16-4-1)53-56-54(34-17-5-2-6-18-34)58-55(57-53)45-29-35(28-44-38-21-10-12-25-49(38)61-52(44)45)59-47-31-48-42(30-43(47)41-27-26-32-14-7-8-19-36(32)50(41)59)40-23-13-22-39-37-20-9-11-24-46(37)60(48)51(39)40/h1-31H. The van der Waals surface area contributed by atoms with Gasteiger partial charge in [0.2, 0.25) is 0 Å². The number of rotatable bonds is 4. The van der Waals surface area contributed by atoms with Crippen molar-refractivity contribution in [3.8, 4) is 39.9 Å². The molecule has 0 bridgehead atoms. The van der Waals surface area contributed by atoms with Crippen molar-refractivity contribution in [1.29, 1.82) is 0 Å². The van der Waals surface area contributed by atoms with Crippen molar-refractivity contribution in [2.45, 2.75) is 0 Å². The quantitative estimate of drug-likeness (QED) is 0.179. The topological polar surface area (TPSA) is 61.2 Å². The summed E-state index contributed by atoms with van der Waals surface area (Å²) in [6.07, 6.45) is 0. The Hall–Kier alpha value is -8.35. The number of hydrogen-bond donors (Lipinski definition) is 0. The van der Waals surface area contributed by atoms with Crippen LogP contribution in [0.15, 0.2) is 192 Å². The van der Waals surface area contributed by atoms with E-state index in [2.05, 4.69) is 124 Å². The summed E-state index contributed by atoms with van der Waals surface area (Å²) in [6, 6.07) is 66.6. The molecule has 282 valence electrons. The van der Waals surface area contributed by atoms with Gasteiger partial charge < -0.3 is 13.4 Å². The maximum atomic E-state index is 6.79. The minimum Gasteiger partial charge on any atom is -0.455 e. The zero-order valence-electron chi connectivity index (χ0n) is 32.5. The number of fused-ring (bicyclic) bond motifs is 14. The van der Waals surface area contributed by atoms with Crippen molar-refractivity contribution in [2.24, 2.45) is 0 Å². The minimum atomic E-state index is 0.543. The lowest BCUT2D eigenvalue weighted by molar-refractivity contribution is 0.669. The first-order valence-electron chi connectivity index (χ1n) is 20.6. The maximum Gasteiger partial charge on any atom is 0.167 e. The molecule has 0 saturated carbocycles. The third-order valence-corrected chi connectivity index (χ3v) is 12.7. The zero-order chi connectivity index (χ0) is 39.8. The first-order chi connectivity index (χ1) is 30.2. The highest BCUT2D eigenvalue weighted by Gasteiger charge is 2.24. The number of furan rings is 1. The Labute approximate surface area is 347 Å². The second kappa shape index (κ2) is 12.1. The van der Waals surface area contributed by atoms with Crippen LogP contribution in [0.3, 0.4) is 0 Å². The van der Waals surface area contributed by atoms with Crippen molar-refractivity contribution in [3.63, 3.8) is 0 Å². The molecule has 14 rings (SSSR count). The van der Waals surface area contributed by atoms with E-state index in [4.69, 9.17) is 19.4 Å². The average molecular weight is 778 g/mol. The van der Waals surface area contributed by atoms with Crippen molar-refractivity contribution < 1.29 is 4.42 Å². The van der Waals surface area contributed by atoms with Gasteiger partial charge in [-0.25, -0.2) is 15.0 Å². The van der Waals surface area contributed by atoms with E-state index in [0.717, 1.165) is 55.3 Å². The number of nitrogens with zero attached hydrogens (tertiary/aromatic N) is 5. The number of aromatic nitrogens is 5. The molecule has 0 N–H and O–H groups in total. The molecule has 9 aromatic carbocycles. The Morgan fingerprint density at radius 3 is 1.75 bits per heavy atom. The van der Waals surface area contributed by atoms with Gasteiger partial charge in [0.1, 0.15) is 11.2 Å². The molecule has 5 aromatic heterocycles. The molecule has 0 aliphatic heterocycles. The number of para-hydroxylation sites is 3. The van der Waals surface area contributed by atoms with Crippen molar-refractivity contribution in [2.75, 3.05) is 0 Å². The minimum absolute atomic E-state index is 0.543. The van der Waals surface area contributed by atoms with Crippen LogP contribution in [-0.4, -0.2) is 23.9 Å². The van der Waals surface area contributed by atoms with Gasteiger partial charge in [0.25, 0.3) is 0 Å². The Kier molecular flexibility index (Phi) is 6.46. The van der Waals surface area contributed by atoms with Crippen LogP contribution < -0.4 is 0 Å². The van der Waals surface area contributed by atoms with Gasteiger partial charge >= 0.3 is 0 Å². The van der Waals surface area contributed by atoms with Gasteiger partial charge in [-0.2, -0.15) is 0 Å². The highest BCUT2D eigenvalue weighted by atomic mass is 16.3. The molecule has 0 aliphatic carbocycles. The predicted molar refractivity (Wildman–Crippen MR) is 250 cm³/mol. The van der Waals surface area contributed by atoms with E-state index in [1.165, 1.54) is 59.6 Å². The SMILES string of the molecule is c1ccc(-c2nc(-c3ccccc3)nc(-c3cc(-n4c5cc6c(cc5c5ccc7ccccc7c54)c4cccc5c7ccccc7n6c54)cc4c3oc3ccccc34)n2)cc1. The fraction of sp³-hybridized carbons (Fsp3) is 0. The molecule has 6 nitrogen and oxygen atoms in total. The van der Waals surface area contributed by atoms with E-state index in [1.807, 2.05) is 72.8 Å². The van der Waals surface area contributed by atoms with E-state index >= 15 is 0 Å². The van der Waals surface area contributed by atoms with E-state index < -0.39 is 0 Å². The number of benzene rings is 9. The Morgan fingerprint density at radius 1 is 0.361 bits per heavy atom. The Bertz CT molecular complexity index is 4050. The van der Waals surface area contributed by atoms with Gasteiger partial charge in [-0.1, -0.05) is 152 Å². The summed E-state index contributed by atoms with van der Waals surface area (Å²) < 4.78 is 11.7. The molecule has 0 amide bonds. The van der Waals surface area contributed by atoms with E-state index in [1.54, 1.807) is 0 Å². The lowest BCUT2D eigenvalue weighted by atomic mass is 10.0. The molecule has 0 atom stereocenters. The van der Waals surface area contributed by atoms with Crippen LogP contribution in [-0.2, 0) is 0 Å². The summed E-state index contributed by atoms with van der Waals surface area (Å²) in [6.45, 7) is 0. The second-order valence-electron chi connectivity index (χ2n) is 16.0. The molecule has 14 aromatic rings. The molecular formula is C55H31N5O. The van der Waals surface area contributed by atoms with Gasteiger partial charge in [0.05, 0.1) is 33.1 Å². The van der Waals surface area contributed by atoms with Gasteiger partial charge in [0.15, 0.2) is 17.5 Å². The highest BCUT2D eigenvalue weighted by Crippen LogP contribution is 2.45. The predicted octanol–water partition coefficient (Wildman–Crippen LogP) is 14.2. The van der Waals surface area contributed by atoms with Crippen molar-refractivity contribution in [3.05, 3.63) is 188 Å². The van der Waals surface area contributed by atoms with Crippen LogP contribution in [0.25, 0.3) is 132 Å². The first kappa shape index (κ1) is 32.6. The summed E-state index contributed by atoms with van der Waals surface area (Å²) in [5.74, 6) is 1.74. The summed E-state index contributed by atoms with van der Waals surface area (Å²) in [4.78, 5) is 15.5. The van der Waals surface area contributed by atoms with Crippen LogP contribution in [0.1, 0.15) is 0 Å². The second-order valence-corrected chi connectivity index (χ2v) is 16.0. The molecule has 6 heteroatoms. The van der Waals surface area contributed by atoms with Crippen LogP contribution in [0, 0.1) is 0 Å². The highest BCUT2D eigenvalue weighted by molar-refractivity contribution is 6.27. The average Bonchev–Trinajstić information content (AvgIpc) is 4.07. The molecular weight excluding hydrogens is 747 g/mol.